The largest absolute Gasteiger partial charge is 0.475 e. The summed E-state index contributed by atoms with van der Waals surface area (Å²) < 4.78 is 45.9. The van der Waals surface area contributed by atoms with Crippen LogP contribution in [0.5, 0.6) is 5.88 Å². The predicted molar refractivity (Wildman–Crippen MR) is 121 cm³/mol. The second-order valence-electron chi connectivity index (χ2n) is 8.83. The van der Waals surface area contributed by atoms with E-state index in [-0.39, 0.29) is 30.4 Å². The molecule has 1 aliphatic rings. The summed E-state index contributed by atoms with van der Waals surface area (Å²) in [6.07, 6.45) is 1.72. The van der Waals surface area contributed by atoms with E-state index in [0.29, 0.717) is 12.1 Å². The van der Waals surface area contributed by atoms with Crippen LogP contribution in [0.15, 0.2) is 48.9 Å². The van der Waals surface area contributed by atoms with E-state index < -0.39 is 11.7 Å². The van der Waals surface area contributed by atoms with Crippen LogP contribution in [0, 0.1) is 12.8 Å². The van der Waals surface area contributed by atoms with Crippen molar-refractivity contribution in [1.82, 2.24) is 19.7 Å². The molecule has 34 heavy (non-hydrogen) atoms. The maximum absolute atomic E-state index is 13.8. The average molecular weight is 473 g/mol. The molecule has 1 amide bonds. The highest BCUT2D eigenvalue weighted by molar-refractivity contribution is 6.01. The van der Waals surface area contributed by atoms with E-state index in [2.05, 4.69) is 17.0 Å². The molecule has 1 fully saturated rings. The van der Waals surface area contributed by atoms with Crippen molar-refractivity contribution in [3.8, 4) is 17.0 Å². The number of aryl methyl sites for hydroxylation is 2. The lowest BCUT2D eigenvalue weighted by Crippen LogP contribution is -2.50. The third-order valence-electron chi connectivity index (χ3n) is 6.26. The SMILES string of the molecule is Cc1ccc(-c2cnn(C)c2)c(C(=O)N2CCCC(C)C2COc2ccc(C(F)(F)F)cn2)c1. The number of nitrogens with zero attached hydrogens (tertiary/aromatic N) is 4. The van der Waals surface area contributed by atoms with Crippen molar-refractivity contribution in [2.45, 2.75) is 38.9 Å². The number of amides is 1. The number of piperidine rings is 1. The zero-order valence-electron chi connectivity index (χ0n) is 19.3. The Morgan fingerprint density at radius 1 is 1.21 bits per heavy atom. The van der Waals surface area contributed by atoms with E-state index in [0.717, 1.165) is 41.8 Å². The van der Waals surface area contributed by atoms with Gasteiger partial charge in [-0.15, -0.1) is 0 Å². The Morgan fingerprint density at radius 3 is 2.65 bits per heavy atom. The molecule has 0 spiro atoms. The van der Waals surface area contributed by atoms with Crippen LogP contribution in [-0.4, -0.2) is 44.8 Å². The molecule has 2 unspecified atom stereocenters. The van der Waals surface area contributed by atoms with Crippen molar-refractivity contribution in [3.63, 3.8) is 0 Å². The first-order valence-corrected chi connectivity index (χ1v) is 11.2. The highest BCUT2D eigenvalue weighted by Gasteiger charge is 2.34. The maximum Gasteiger partial charge on any atom is 0.417 e. The van der Waals surface area contributed by atoms with Crippen LogP contribution in [0.2, 0.25) is 0 Å². The van der Waals surface area contributed by atoms with Gasteiger partial charge in [-0.05, 0) is 43.4 Å². The summed E-state index contributed by atoms with van der Waals surface area (Å²) in [6.45, 7) is 4.74. The minimum Gasteiger partial charge on any atom is -0.475 e. The molecule has 1 aliphatic heterocycles. The number of likely N-dealkylation sites (tertiary alicyclic amines) is 1. The van der Waals surface area contributed by atoms with E-state index in [1.165, 1.54) is 6.07 Å². The highest BCUT2D eigenvalue weighted by Crippen LogP contribution is 2.31. The van der Waals surface area contributed by atoms with E-state index in [4.69, 9.17) is 4.74 Å². The van der Waals surface area contributed by atoms with E-state index in [1.807, 2.05) is 43.3 Å². The highest BCUT2D eigenvalue weighted by atomic mass is 19.4. The number of rotatable bonds is 5. The van der Waals surface area contributed by atoms with Gasteiger partial charge in [0.25, 0.3) is 5.91 Å². The molecule has 9 heteroatoms. The Morgan fingerprint density at radius 2 is 2.00 bits per heavy atom. The third kappa shape index (κ3) is 5.08. The number of ether oxygens (including phenoxy) is 1. The number of hydrogen-bond acceptors (Lipinski definition) is 4. The Kier molecular flexibility index (Phi) is 6.63. The predicted octanol–water partition coefficient (Wildman–Crippen LogP) is 5.13. The maximum atomic E-state index is 13.8. The molecule has 3 heterocycles. The zero-order valence-corrected chi connectivity index (χ0v) is 19.3. The minimum absolute atomic E-state index is 0.0944. The van der Waals surface area contributed by atoms with Crippen LogP contribution in [0.1, 0.15) is 41.3 Å². The summed E-state index contributed by atoms with van der Waals surface area (Å²) >= 11 is 0. The van der Waals surface area contributed by atoms with Crippen molar-refractivity contribution in [2.75, 3.05) is 13.2 Å². The summed E-state index contributed by atoms with van der Waals surface area (Å²) in [4.78, 5) is 19.4. The molecular formula is C25H27F3N4O2. The number of alkyl halides is 3. The van der Waals surface area contributed by atoms with Gasteiger partial charge in [0.05, 0.1) is 17.8 Å². The number of halogens is 3. The Balaban J connectivity index is 1.57. The Bertz CT molecular complexity index is 1160. The fourth-order valence-corrected chi connectivity index (χ4v) is 4.36. The van der Waals surface area contributed by atoms with Crippen LogP contribution < -0.4 is 4.74 Å². The van der Waals surface area contributed by atoms with Gasteiger partial charge in [0.1, 0.15) is 6.61 Å². The van der Waals surface area contributed by atoms with Gasteiger partial charge in [-0.25, -0.2) is 4.98 Å². The van der Waals surface area contributed by atoms with Crippen LogP contribution in [-0.2, 0) is 13.2 Å². The first-order chi connectivity index (χ1) is 16.1. The first-order valence-electron chi connectivity index (χ1n) is 11.2. The molecule has 4 rings (SSSR count). The number of aromatic nitrogens is 3. The second-order valence-corrected chi connectivity index (χ2v) is 8.83. The van der Waals surface area contributed by atoms with Crippen LogP contribution in [0.3, 0.4) is 0 Å². The molecule has 0 bridgehead atoms. The third-order valence-corrected chi connectivity index (χ3v) is 6.26. The average Bonchev–Trinajstić information content (AvgIpc) is 3.23. The van der Waals surface area contributed by atoms with E-state index in [1.54, 1.807) is 10.9 Å². The summed E-state index contributed by atoms with van der Waals surface area (Å²) in [5, 5.41) is 4.23. The first kappa shape index (κ1) is 23.8. The number of carbonyl (C=O) groups is 1. The van der Waals surface area contributed by atoms with Crippen LogP contribution in [0.25, 0.3) is 11.1 Å². The lowest BCUT2D eigenvalue weighted by atomic mass is 9.89. The van der Waals surface area contributed by atoms with Gasteiger partial charge in [0, 0.05) is 43.2 Å². The molecule has 2 aromatic heterocycles. The van der Waals surface area contributed by atoms with E-state index >= 15 is 0 Å². The van der Waals surface area contributed by atoms with Crippen molar-refractivity contribution in [2.24, 2.45) is 13.0 Å². The molecule has 1 aromatic carbocycles. The molecule has 3 aromatic rings. The molecule has 0 saturated carbocycles. The molecule has 2 atom stereocenters. The molecule has 6 nitrogen and oxygen atoms in total. The molecule has 180 valence electrons. The van der Waals surface area contributed by atoms with Gasteiger partial charge in [-0.3, -0.25) is 9.48 Å². The lowest BCUT2D eigenvalue weighted by Gasteiger charge is -2.40. The van der Waals surface area contributed by atoms with Crippen molar-refractivity contribution < 1.29 is 22.7 Å². The fraction of sp³-hybridized carbons (Fsp3) is 0.400. The molecule has 0 radical (unpaired) electrons. The number of benzene rings is 1. The quantitative estimate of drug-likeness (QED) is 0.517. The number of hydrogen-bond donors (Lipinski definition) is 0. The van der Waals surface area contributed by atoms with Gasteiger partial charge < -0.3 is 9.64 Å². The Hall–Kier alpha value is -3.36. The van der Waals surface area contributed by atoms with Crippen LogP contribution in [0.4, 0.5) is 13.2 Å². The summed E-state index contributed by atoms with van der Waals surface area (Å²) in [7, 11) is 1.83. The van der Waals surface area contributed by atoms with Gasteiger partial charge in [-0.1, -0.05) is 24.6 Å². The minimum atomic E-state index is -4.45. The summed E-state index contributed by atoms with van der Waals surface area (Å²) in [5.41, 5.74) is 2.41. The number of pyridine rings is 1. The Labute approximate surface area is 196 Å². The molecule has 0 aliphatic carbocycles. The fourth-order valence-electron chi connectivity index (χ4n) is 4.36. The van der Waals surface area contributed by atoms with Gasteiger partial charge in [-0.2, -0.15) is 18.3 Å². The van der Waals surface area contributed by atoms with Gasteiger partial charge >= 0.3 is 6.18 Å². The van der Waals surface area contributed by atoms with Crippen molar-refractivity contribution in [3.05, 3.63) is 65.6 Å². The van der Waals surface area contributed by atoms with E-state index in [9.17, 15) is 18.0 Å². The number of carbonyl (C=O) groups excluding carboxylic acids is 1. The van der Waals surface area contributed by atoms with Crippen LogP contribution >= 0.6 is 0 Å². The molecule has 1 saturated heterocycles. The molecule has 0 N–H and O–H groups in total. The van der Waals surface area contributed by atoms with Gasteiger partial charge in [0.2, 0.25) is 5.88 Å². The second kappa shape index (κ2) is 9.48. The summed E-state index contributed by atoms with van der Waals surface area (Å²) in [6, 6.07) is 7.72. The molecular weight excluding hydrogens is 445 g/mol. The normalized spacial score (nSPS) is 18.7. The smallest absolute Gasteiger partial charge is 0.417 e. The zero-order chi connectivity index (χ0) is 24.5. The topological polar surface area (TPSA) is 60.2 Å². The monoisotopic (exact) mass is 472 g/mol. The van der Waals surface area contributed by atoms with Gasteiger partial charge in [0.15, 0.2) is 0 Å². The van der Waals surface area contributed by atoms with Crippen molar-refractivity contribution >= 4 is 5.91 Å². The lowest BCUT2D eigenvalue weighted by molar-refractivity contribution is -0.137. The van der Waals surface area contributed by atoms with Crippen molar-refractivity contribution in [1.29, 1.82) is 0 Å². The standard InChI is InChI=1S/C25H27F3N4O2/c1-16-6-8-20(18-12-30-31(3)14-18)21(11-16)24(33)32-10-4-5-17(2)22(32)15-34-23-9-7-19(13-29-23)25(26,27)28/h6-9,11-14,17,22H,4-5,10,15H2,1-3H3. The summed E-state index contributed by atoms with van der Waals surface area (Å²) in [5.74, 6) is 0.173.